The number of carbonyl (C=O) groups is 1. The van der Waals surface area contributed by atoms with Crippen LogP contribution in [0.2, 0.25) is 0 Å². The van der Waals surface area contributed by atoms with Gasteiger partial charge in [0, 0.05) is 16.1 Å². The zero-order valence-electron chi connectivity index (χ0n) is 18.8. The first-order valence-electron chi connectivity index (χ1n) is 10.8. The predicted octanol–water partition coefficient (Wildman–Crippen LogP) is 7.50. The van der Waals surface area contributed by atoms with Gasteiger partial charge in [0.1, 0.15) is 22.1 Å². The molecule has 5 nitrogen and oxygen atoms in total. The molecule has 0 atom stereocenters. The molecule has 0 aliphatic rings. The van der Waals surface area contributed by atoms with Crippen molar-refractivity contribution >= 4 is 45.3 Å². The van der Waals surface area contributed by atoms with Crippen LogP contribution < -0.4 is 15.4 Å². The van der Waals surface area contributed by atoms with Gasteiger partial charge in [0.15, 0.2) is 5.11 Å². The lowest BCUT2D eigenvalue weighted by Crippen LogP contribution is -2.20. The van der Waals surface area contributed by atoms with Gasteiger partial charge in [0.2, 0.25) is 0 Å². The first kappa shape index (κ1) is 23.5. The number of carbonyl (C=O) groups excluding carboxylic acids is 1. The maximum Gasteiger partial charge on any atom is 0.341 e. The molecular weight excluding hydrogens is 464 g/mol. The summed E-state index contributed by atoms with van der Waals surface area (Å²) in [5.74, 6) is 1.12. The van der Waals surface area contributed by atoms with Gasteiger partial charge in [-0.1, -0.05) is 48.5 Å². The fourth-order valence-corrected chi connectivity index (χ4v) is 4.83. The number of thiophene rings is 1. The maximum absolute atomic E-state index is 12.9. The number of thiocarbonyl (C=S) groups is 1. The topological polar surface area (TPSA) is 59.6 Å². The van der Waals surface area contributed by atoms with Crippen LogP contribution in [-0.4, -0.2) is 17.7 Å². The summed E-state index contributed by atoms with van der Waals surface area (Å²) in [6.45, 7) is 4.08. The molecule has 0 radical (unpaired) electrons. The van der Waals surface area contributed by atoms with Gasteiger partial charge in [-0.3, -0.25) is 0 Å². The van der Waals surface area contributed by atoms with E-state index >= 15 is 0 Å². The van der Waals surface area contributed by atoms with E-state index in [-0.39, 0.29) is 5.97 Å². The van der Waals surface area contributed by atoms with Crippen molar-refractivity contribution in [3.63, 3.8) is 0 Å². The van der Waals surface area contributed by atoms with E-state index in [4.69, 9.17) is 21.7 Å². The van der Waals surface area contributed by atoms with Gasteiger partial charge >= 0.3 is 5.97 Å². The van der Waals surface area contributed by atoms with E-state index < -0.39 is 0 Å². The Kier molecular flexibility index (Phi) is 7.57. The highest BCUT2D eigenvalue weighted by Crippen LogP contribution is 2.40. The number of nitrogens with one attached hydrogen (secondary N) is 2. The average Bonchev–Trinajstić information content (AvgIpc) is 3.17. The SMILES string of the molecule is CCOC(=O)c1c(NC(=S)Nc2ccc(Oc3ccccc3)cc2)sc(C)c1-c1ccccc1. The van der Waals surface area contributed by atoms with E-state index in [9.17, 15) is 4.79 Å². The van der Waals surface area contributed by atoms with Crippen LogP contribution in [0, 0.1) is 6.92 Å². The van der Waals surface area contributed by atoms with Crippen LogP contribution in [0.3, 0.4) is 0 Å². The fourth-order valence-electron chi connectivity index (χ4n) is 3.48. The quantitative estimate of drug-likeness (QED) is 0.207. The van der Waals surface area contributed by atoms with Crippen molar-refractivity contribution in [3.05, 3.63) is 95.4 Å². The predicted molar refractivity (Wildman–Crippen MR) is 143 cm³/mol. The molecule has 0 saturated heterocycles. The third-order valence-corrected chi connectivity index (χ3v) is 6.17. The largest absolute Gasteiger partial charge is 0.462 e. The number of para-hydroxylation sites is 1. The average molecular weight is 489 g/mol. The molecule has 1 heterocycles. The highest BCUT2D eigenvalue weighted by molar-refractivity contribution is 7.80. The molecule has 1 aromatic heterocycles. The Morgan fingerprint density at radius 3 is 2.15 bits per heavy atom. The van der Waals surface area contributed by atoms with Crippen molar-refractivity contribution in [2.45, 2.75) is 13.8 Å². The maximum atomic E-state index is 12.9. The Labute approximate surface area is 208 Å². The molecule has 0 fully saturated rings. The summed E-state index contributed by atoms with van der Waals surface area (Å²) in [7, 11) is 0. The van der Waals surface area contributed by atoms with Crippen molar-refractivity contribution < 1.29 is 14.3 Å². The van der Waals surface area contributed by atoms with Crippen LogP contribution in [0.1, 0.15) is 22.2 Å². The lowest BCUT2D eigenvalue weighted by Gasteiger charge is -2.12. The Balaban J connectivity index is 1.51. The summed E-state index contributed by atoms with van der Waals surface area (Å²) in [6.07, 6.45) is 0. The molecule has 0 aliphatic carbocycles. The summed E-state index contributed by atoms with van der Waals surface area (Å²) >= 11 is 7.01. The smallest absolute Gasteiger partial charge is 0.341 e. The highest BCUT2D eigenvalue weighted by atomic mass is 32.1. The van der Waals surface area contributed by atoms with Crippen molar-refractivity contribution in [1.82, 2.24) is 0 Å². The minimum Gasteiger partial charge on any atom is -0.462 e. The van der Waals surface area contributed by atoms with Crippen LogP contribution in [0.5, 0.6) is 11.5 Å². The lowest BCUT2D eigenvalue weighted by atomic mass is 10.0. The lowest BCUT2D eigenvalue weighted by molar-refractivity contribution is 0.0529. The van der Waals surface area contributed by atoms with E-state index in [1.165, 1.54) is 11.3 Å². The van der Waals surface area contributed by atoms with E-state index in [0.717, 1.165) is 33.2 Å². The van der Waals surface area contributed by atoms with E-state index in [2.05, 4.69) is 10.6 Å². The van der Waals surface area contributed by atoms with Gasteiger partial charge in [0.05, 0.1) is 6.61 Å². The number of ether oxygens (including phenoxy) is 2. The second-order valence-electron chi connectivity index (χ2n) is 7.34. The number of rotatable bonds is 7. The van der Waals surface area contributed by atoms with Gasteiger partial charge in [-0.15, -0.1) is 11.3 Å². The molecule has 0 bridgehead atoms. The third kappa shape index (κ3) is 5.62. The van der Waals surface area contributed by atoms with Crippen LogP contribution in [-0.2, 0) is 4.74 Å². The zero-order chi connectivity index (χ0) is 23.9. The van der Waals surface area contributed by atoms with Crippen molar-refractivity contribution in [3.8, 4) is 22.6 Å². The zero-order valence-corrected chi connectivity index (χ0v) is 20.5. The molecule has 0 amide bonds. The number of hydrogen-bond donors (Lipinski definition) is 2. The molecule has 34 heavy (non-hydrogen) atoms. The van der Waals surface area contributed by atoms with E-state index in [1.54, 1.807) is 6.92 Å². The van der Waals surface area contributed by atoms with Gasteiger partial charge < -0.3 is 20.1 Å². The number of esters is 1. The molecule has 0 spiro atoms. The molecule has 4 aromatic rings. The van der Waals surface area contributed by atoms with Gasteiger partial charge in [-0.25, -0.2) is 4.79 Å². The second-order valence-corrected chi connectivity index (χ2v) is 8.98. The Morgan fingerprint density at radius 1 is 0.882 bits per heavy atom. The Hall–Kier alpha value is -3.68. The van der Waals surface area contributed by atoms with Crippen LogP contribution >= 0.6 is 23.6 Å². The van der Waals surface area contributed by atoms with E-state index in [1.807, 2.05) is 91.9 Å². The molecule has 7 heteroatoms. The van der Waals surface area contributed by atoms with Crippen molar-refractivity contribution in [1.29, 1.82) is 0 Å². The summed E-state index contributed by atoms with van der Waals surface area (Å²) in [5, 5.41) is 7.39. The highest BCUT2D eigenvalue weighted by Gasteiger charge is 2.24. The summed E-state index contributed by atoms with van der Waals surface area (Å²) in [6, 6.07) is 26.9. The normalized spacial score (nSPS) is 10.4. The summed E-state index contributed by atoms with van der Waals surface area (Å²) < 4.78 is 11.2. The minimum atomic E-state index is -0.376. The second kappa shape index (κ2) is 11.0. The monoisotopic (exact) mass is 488 g/mol. The molecule has 172 valence electrons. The first-order valence-corrected chi connectivity index (χ1v) is 12.0. The van der Waals surface area contributed by atoms with E-state index in [0.29, 0.717) is 22.3 Å². The Bertz CT molecular complexity index is 1270. The summed E-state index contributed by atoms with van der Waals surface area (Å²) in [4.78, 5) is 13.9. The molecule has 2 N–H and O–H groups in total. The van der Waals surface area contributed by atoms with Gasteiger partial charge in [-0.05, 0) is 68.0 Å². The van der Waals surface area contributed by atoms with Gasteiger partial charge in [-0.2, -0.15) is 0 Å². The van der Waals surface area contributed by atoms with Crippen LogP contribution in [0.4, 0.5) is 10.7 Å². The number of benzene rings is 3. The molecule has 0 aliphatic heterocycles. The van der Waals surface area contributed by atoms with Crippen molar-refractivity contribution in [2.75, 3.05) is 17.2 Å². The molecular formula is C27H24N2O3S2. The van der Waals surface area contributed by atoms with Gasteiger partial charge in [0.25, 0.3) is 0 Å². The van der Waals surface area contributed by atoms with Crippen LogP contribution in [0.15, 0.2) is 84.9 Å². The van der Waals surface area contributed by atoms with Crippen LogP contribution in [0.25, 0.3) is 11.1 Å². The standard InChI is InChI=1S/C27H24N2O3S2/c1-3-31-26(30)24-23(19-10-6-4-7-11-19)18(2)34-25(24)29-27(33)28-20-14-16-22(17-15-20)32-21-12-8-5-9-13-21/h4-17H,3H2,1-2H3,(H2,28,29,33). The number of aryl methyl sites for hydroxylation is 1. The Morgan fingerprint density at radius 2 is 1.50 bits per heavy atom. The molecule has 4 rings (SSSR count). The number of anilines is 2. The summed E-state index contributed by atoms with van der Waals surface area (Å²) in [5.41, 5.74) is 3.11. The fraction of sp³-hybridized carbons (Fsp3) is 0.111. The molecule has 0 saturated carbocycles. The molecule has 0 unspecified atom stereocenters. The van der Waals surface area contributed by atoms with Crippen molar-refractivity contribution in [2.24, 2.45) is 0 Å². The third-order valence-electron chi connectivity index (χ3n) is 4.94. The first-order chi connectivity index (χ1) is 16.5. The number of hydrogen-bond acceptors (Lipinski definition) is 5. The molecule has 3 aromatic carbocycles. The minimum absolute atomic E-state index is 0.293.